The first kappa shape index (κ1) is 21.6. The molecule has 2 rings (SSSR count). The Morgan fingerprint density at radius 3 is 2.07 bits per heavy atom. The predicted octanol–water partition coefficient (Wildman–Crippen LogP) is 3.72. The average molecular weight is 453 g/mol. The molecule has 27 heavy (non-hydrogen) atoms. The fourth-order valence-electron chi connectivity index (χ4n) is 2.73. The molecule has 146 valence electrons. The fourth-order valence-corrected chi connectivity index (χ4v) is 3.63. The van der Waals surface area contributed by atoms with Gasteiger partial charge in [0.1, 0.15) is 0 Å². The van der Waals surface area contributed by atoms with Gasteiger partial charge in [-0.2, -0.15) is 0 Å². The van der Waals surface area contributed by atoms with Gasteiger partial charge in [-0.25, -0.2) is 8.42 Å². The molecule has 0 heterocycles. The summed E-state index contributed by atoms with van der Waals surface area (Å²) in [6.45, 7) is 4.19. The third-order valence-corrected chi connectivity index (χ3v) is 6.25. The molecule has 0 fully saturated rings. The first-order chi connectivity index (χ1) is 12.6. The smallest absolute Gasteiger partial charge is 0.234 e. The number of likely N-dealkylation sites (N-methyl/N-ethyl adjacent to an activating group) is 1. The van der Waals surface area contributed by atoms with Crippen molar-refractivity contribution in [1.29, 1.82) is 0 Å². The summed E-state index contributed by atoms with van der Waals surface area (Å²) in [5.74, 6) is -0.0625. The molecule has 0 aliphatic carbocycles. The van der Waals surface area contributed by atoms with Crippen LogP contribution in [-0.4, -0.2) is 39.1 Å². The highest BCUT2D eigenvalue weighted by molar-refractivity contribution is 9.10. The third-order valence-electron chi connectivity index (χ3n) is 4.59. The molecule has 0 aromatic heterocycles. The fraction of sp³-hybridized carbons (Fsp3) is 0.350. The molecule has 0 saturated carbocycles. The molecule has 2 atom stereocenters. The maximum absolute atomic E-state index is 12.4. The van der Waals surface area contributed by atoms with E-state index in [2.05, 4.69) is 21.2 Å². The van der Waals surface area contributed by atoms with E-state index in [-0.39, 0.29) is 24.5 Å². The Balaban J connectivity index is 1.95. The lowest BCUT2D eigenvalue weighted by Gasteiger charge is -2.25. The average Bonchev–Trinajstić information content (AvgIpc) is 2.60. The summed E-state index contributed by atoms with van der Waals surface area (Å²) in [6.07, 6.45) is 1.19. The van der Waals surface area contributed by atoms with Crippen molar-refractivity contribution in [2.45, 2.75) is 30.8 Å². The summed E-state index contributed by atoms with van der Waals surface area (Å²) >= 11 is 3.40. The van der Waals surface area contributed by atoms with E-state index in [1.807, 2.05) is 50.1 Å². The van der Waals surface area contributed by atoms with Crippen LogP contribution in [0, 0.1) is 0 Å². The number of amides is 1. The summed E-state index contributed by atoms with van der Waals surface area (Å²) in [7, 11) is -1.33. The number of benzene rings is 2. The lowest BCUT2D eigenvalue weighted by Crippen LogP contribution is -2.37. The summed E-state index contributed by atoms with van der Waals surface area (Å²) in [4.78, 5) is 14.6. The van der Waals surface area contributed by atoms with Crippen LogP contribution < -0.4 is 5.32 Å². The van der Waals surface area contributed by atoms with Crippen LogP contribution in [0.25, 0.3) is 0 Å². The summed E-state index contributed by atoms with van der Waals surface area (Å²) in [5.41, 5.74) is 2.00. The molecule has 1 N–H and O–H groups in total. The standard InChI is InChI=1S/C20H25BrN2O3S/c1-14(16-5-9-18(21)10-6-16)22-20(24)13-23(3)15(2)17-7-11-19(12-8-17)27(4,25)26/h5-12,14-15H,13H2,1-4H3,(H,22,24). The molecule has 0 aliphatic heterocycles. The Morgan fingerprint density at radius 1 is 1.04 bits per heavy atom. The van der Waals surface area contributed by atoms with Crippen LogP contribution in [-0.2, 0) is 14.6 Å². The van der Waals surface area contributed by atoms with Crippen LogP contribution in [0.4, 0.5) is 0 Å². The number of halogens is 1. The molecule has 2 aromatic carbocycles. The number of carbonyl (C=O) groups excluding carboxylic acids is 1. The molecule has 0 aliphatic rings. The quantitative estimate of drug-likeness (QED) is 0.694. The first-order valence-corrected chi connectivity index (χ1v) is 11.3. The second-order valence-electron chi connectivity index (χ2n) is 6.77. The zero-order chi connectivity index (χ0) is 20.2. The van der Waals surface area contributed by atoms with Gasteiger partial charge in [0.05, 0.1) is 17.5 Å². The number of nitrogens with zero attached hydrogens (tertiary/aromatic N) is 1. The van der Waals surface area contributed by atoms with Gasteiger partial charge < -0.3 is 5.32 Å². The zero-order valence-corrected chi connectivity index (χ0v) is 18.3. The van der Waals surface area contributed by atoms with Crippen molar-refractivity contribution in [3.8, 4) is 0 Å². The van der Waals surface area contributed by atoms with Gasteiger partial charge in [-0.3, -0.25) is 9.69 Å². The van der Waals surface area contributed by atoms with Gasteiger partial charge in [-0.15, -0.1) is 0 Å². The van der Waals surface area contributed by atoms with E-state index in [0.717, 1.165) is 15.6 Å². The van der Waals surface area contributed by atoms with E-state index < -0.39 is 9.84 Å². The molecule has 0 spiro atoms. The van der Waals surface area contributed by atoms with Crippen LogP contribution in [0.2, 0.25) is 0 Å². The Bertz CT molecular complexity index is 880. The highest BCUT2D eigenvalue weighted by atomic mass is 79.9. The van der Waals surface area contributed by atoms with Crippen molar-refractivity contribution in [1.82, 2.24) is 10.2 Å². The predicted molar refractivity (Wildman–Crippen MR) is 111 cm³/mol. The lowest BCUT2D eigenvalue weighted by atomic mass is 10.1. The molecule has 7 heteroatoms. The monoisotopic (exact) mass is 452 g/mol. The highest BCUT2D eigenvalue weighted by Gasteiger charge is 2.17. The Labute approximate surface area is 169 Å². The second-order valence-corrected chi connectivity index (χ2v) is 9.70. The second kappa shape index (κ2) is 8.99. The lowest BCUT2D eigenvalue weighted by molar-refractivity contribution is -0.123. The molecular weight excluding hydrogens is 428 g/mol. The van der Waals surface area contributed by atoms with Crippen LogP contribution in [0.15, 0.2) is 57.9 Å². The van der Waals surface area contributed by atoms with Crippen molar-refractivity contribution in [2.24, 2.45) is 0 Å². The number of nitrogens with one attached hydrogen (secondary N) is 1. The zero-order valence-electron chi connectivity index (χ0n) is 15.9. The van der Waals surface area contributed by atoms with Crippen LogP contribution in [0.3, 0.4) is 0 Å². The van der Waals surface area contributed by atoms with Crippen molar-refractivity contribution in [3.63, 3.8) is 0 Å². The van der Waals surface area contributed by atoms with Gasteiger partial charge in [-0.1, -0.05) is 40.2 Å². The van der Waals surface area contributed by atoms with Crippen LogP contribution in [0.1, 0.15) is 37.1 Å². The number of hydrogen-bond acceptors (Lipinski definition) is 4. The van der Waals surface area contributed by atoms with Gasteiger partial charge in [-0.05, 0) is 56.3 Å². The van der Waals surface area contributed by atoms with E-state index in [1.165, 1.54) is 6.26 Å². The topological polar surface area (TPSA) is 66.5 Å². The van der Waals surface area contributed by atoms with Gasteiger partial charge in [0.2, 0.25) is 5.91 Å². The Morgan fingerprint density at radius 2 is 1.56 bits per heavy atom. The number of rotatable bonds is 7. The molecule has 2 aromatic rings. The van der Waals surface area contributed by atoms with E-state index in [4.69, 9.17) is 0 Å². The number of carbonyl (C=O) groups is 1. The summed E-state index contributed by atoms with van der Waals surface area (Å²) < 4.78 is 24.1. The van der Waals surface area contributed by atoms with Gasteiger partial charge >= 0.3 is 0 Å². The Hall–Kier alpha value is -1.70. The molecule has 0 saturated heterocycles. The number of sulfone groups is 1. The normalized spacial score (nSPS) is 14.0. The largest absolute Gasteiger partial charge is 0.348 e. The van der Waals surface area contributed by atoms with Crippen molar-refractivity contribution >= 4 is 31.7 Å². The third kappa shape index (κ3) is 6.16. The Kier molecular flexibility index (Phi) is 7.19. The van der Waals surface area contributed by atoms with E-state index >= 15 is 0 Å². The molecule has 1 amide bonds. The van der Waals surface area contributed by atoms with Gasteiger partial charge in [0.25, 0.3) is 0 Å². The highest BCUT2D eigenvalue weighted by Crippen LogP contribution is 2.21. The minimum absolute atomic E-state index is 0.0210. The van der Waals surface area contributed by atoms with E-state index in [1.54, 1.807) is 24.3 Å². The van der Waals surface area contributed by atoms with E-state index in [9.17, 15) is 13.2 Å². The van der Waals surface area contributed by atoms with Crippen LogP contribution in [0.5, 0.6) is 0 Å². The minimum Gasteiger partial charge on any atom is -0.348 e. The van der Waals surface area contributed by atoms with Crippen molar-refractivity contribution < 1.29 is 13.2 Å². The van der Waals surface area contributed by atoms with Crippen LogP contribution >= 0.6 is 15.9 Å². The van der Waals surface area contributed by atoms with Crippen molar-refractivity contribution in [2.75, 3.05) is 19.8 Å². The van der Waals surface area contributed by atoms with E-state index in [0.29, 0.717) is 4.90 Å². The molecule has 5 nitrogen and oxygen atoms in total. The van der Waals surface area contributed by atoms with Gasteiger partial charge in [0.15, 0.2) is 9.84 Å². The van der Waals surface area contributed by atoms with Gasteiger partial charge in [0, 0.05) is 16.8 Å². The molecule has 2 unspecified atom stereocenters. The maximum atomic E-state index is 12.4. The summed E-state index contributed by atoms with van der Waals surface area (Å²) in [5, 5.41) is 3.01. The first-order valence-electron chi connectivity index (χ1n) is 8.63. The number of hydrogen-bond donors (Lipinski definition) is 1. The van der Waals surface area contributed by atoms with Crippen molar-refractivity contribution in [3.05, 3.63) is 64.1 Å². The minimum atomic E-state index is -3.21. The maximum Gasteiger partial charge on any atom is 0.234 e. The SMILES string of the molecule is CC(NC(=O)CN(C)C(C)c1ccc(S(C)(=O)=O)cc1)c1ccc(Br)cc1. The molecule has 0 bridgehead atoms. The molecular formula is C20H25BrN2O3S. The molecule has 0 radical (unpaired) electrons. The summed E-state index contributed by atoms with van der Waals surface area (Å²) in [6, 6.07) is 14.5.